The average Bonchev–Trinajstić information content (AvgIpc) is 2.58. The smallest absolute Gasteiger partial charge is 0.0342 e. The highest BCUT2D eigenvalue weighted by molar-refractivity contribution is 7.26. The topological polar surface area (TPSA) is 12.9 Å². The van der Waals surface area contributed by atoms with Gasteiger partial charge < -0.3 is 0 Å². The third-order valence-corrected chi connectivity index (χ3v) is 3.89. The zero-order chi connectivity index (χ0) is 10.2. The van der Waals surface area contributed by atoms with E-state index in [2.05, 4.69) is 18.6 Å². The maximum Gasteiger partial charge on any atom is 0.0342 e. The largest absolute Gasteiger partial charge is 0.248 e. The fourth-order valence-corrected chi connectivity index (χ4v) is 2.65. The van der Waals surface area contributed by atoms with Gasteiger partial charge in [-0.15, -0.1) is 0 Å². The minimum Gasteiger partial charge on any atom is -0.248 e. The second-order valence-electron chi connectivity index (χ2n) is 4.05. The molecule has 0 radical (unpaired) electrons. The summed E-state index contributed by atoms with van der Waals surface area (Å²) in [5, 5.41) is 1.60. The summed E-state index contributed by atoms with van der Waals surface area (Å²) in [6, 6.07) is 0. The molecule has 0 saturated heterocycles. The van der Waals surface area contributed by atoms with Gasteiger partial charge in [0.05, 0.1) is 0 Å². The van der Waals surface area contributed by atoms with E-state index in [1.165, 1.54) is 50.5 Å². The highest BCUT2D eigenvalue weighted by atomic mass is 31.0. The first-order valence-corrected chi connectivity index (χ1v) is 6.78. The molecule has 1 aromatic heterocycles. The zero-order valence-corrected chi connectivity index (χ0v) is 10.5. The van der Waals surface area contributed by atoms with Crippen molar-refractivity contribution in [1.29, 1.82) is 0 Å². The van der Waals surface area contributed by atoms with Gasteiger partial charge in [-0.1, -0.05) is 39.0 Å². The Bertz CT molecular complexity index is 242. The van der Waals surface area contributed by atoms with Crippen molar-refractivity contribution >= 4 is 8.35 Å². The molecule has 1 unspecified atom stereocenters. The molecule has 0 aliphatic heterocycles. The van der Waals surface area contributed by atoms with Crippen LogP contribution in [0.15, 0.2) is 6.20 Å². The van der Waals surface area contributed by atoms with Gasteiger partial charge in [0.1, 0.15) is 0 Å². The Hall–Kier alpha value is -0.290. The molecule has 1 atom stereocenters. The first kappa shape index (κ1) is 11.8. The molecule has 1 aromatic rings. The molecule has 14 heavy (non-hydrogen) atoms. The van der Waals surface area contributed by atoms with Crippen LogP contribution in [0.5, 0.6) is 0 Å². The van der Waals surface area contributed by atoms with Crippen molar-refractivity contribution in [1.82, 2.24) is 4.75 Å². The lowest BCUT2D eigenvalue weighted by atomic mass is 10.1. The van der Waals surface area contributed by atoms with Crippen molar-refractivity contribution in [2.24, 2.45) is 0 Å². The normalized spacial score (nSPS) is 11.3. The maximum absolute atomic E-state index is 4.30. The second-order valence-corrected chi connectivity index (χ2v) is 5.13. The van der Waals surface area contributed by atoms with E-state index in [0.29, 0.717) is 0 Å². The summed E-state index contributed by atoms with van der Waals surface area (Å²) in [6.07, 6.45) is 11.7. The third kappa shape index (κ3) is 4.28. The number of aryl methyl sites for hydroxylation is 2. The molecule has 0 fully saturated rings. The van der Waals surface area contributed by atoms with Crippen LogP contribution in [0.25, 0.3) is 0 Å². The zero-order valence-electron chi connectivity index (χ0n) is 9.47. The number of aromatic nitrogens is 1. The van der Waals surface area contributed by atoms with E-state index in [0.717, 1.165) is 8.35 Å². The molecule has 0 aliphatic carbocycles. The van der Waals surface area contributed by atoms with Crippen LogP contribution >= 0.6 is 8.35 Å². The summed E-state index contributed by atoms with van der Waals surface area (Å²) in [5.41, 5.74) is 1.43. The molecule has 0 amide bonds. The Kier molecular flexibility index (Phi) is 5.94. The minimum absolute atomic E-state index is 0.741. The SMILES string of the molecule is CCCCCCCCc1[pH]ncc1C. The Morgan fingerprint density at radius 3 is 2.50 bits per heavy atom. The van der Waals surface area contributed by atoms with Gasteiger partial charge in [-0.3, -0.25) is 0 Å². The molecule has 0 aliphatic rings. The van der Waals surface area contributed by atoms with E-state index in [1.807, 2.05) is 6.20 Å². The van der Waals surface area contributed by atoms with E-state index in [9.17, 15) is 0 Å². The fourth-order valence-electron chi connectivity index (χ4n) is 1.71. The van der Waals surface area contributed by atoms with Crippen LogP contribution in [-0.4, -0.2) is 4.75 Å². The van der Waals surface area contributed by atoms with E-state index in [-0.39, 0.29) is 0 Å². The van der Waals surface area contributed by atoms with Crippen molar-refractivity contribution < 1.29 is 0 Å². The third-order valence-electron chi connectivity index (χ3n) is 2.71. The Balaban J connectivity index is 2.02. The predicted molar refractivity (Wildman–Crippen MR) is 65.6 cm³/mol. The van der Waals surface area contributed by atoms with Crippen LogP contribution in [0.2, 0.25) is 0 Å². The number of unbranched alkanes of at least 4 members (excludes halogenated alkanes) is 5. The van der Waals surface area contributed by atoms with Gasteiger partial charge in [0.15, 0.2) is 0 Å². The summed E-state index contributed by atoms with van der Waals surface area (Å²) in [4.78, 5) is 0. The van der Waals surface area contributed by atoms with Crippen molar-refractivity contribution in [3.8, 4) is 0 Å². The summed E-state index contributed by atoms with van der Waals surface area (Å²) in [7, 11) is 0.741. The Labute approximate surface area is 89.5 Å². The minimum atomic E-state index is 0.741. The average molecular weight is 211 g/mol. The van der Waals surface area contributed by atoms with Crippen LogP contribution in [0, 0.1) is 6.92 Å². The van der Waals surface area contributed by atoms with Crippen molar-refractivity contribution in [3.63, 3.8) is 0 Å². The van der Waals surface area contributed by atoms with E-state index in [1.54, 1.807) is 5.30 Å². The molecular weight excluding hydrogens is 189 g/mol. The summed E-state index contributed by atoms with van der Waals surface area (Å²) in [6.45, 7) is 4.46. The van der Waals surface area contributed by atoms with E-state index < -0.39 is 0 Å². The first-order chi connectivity index (χ1) is 6.84. The van der Waals surface area contributed by atoms with Gasteiger partial charge in [-0.2, -0.15) is 0 Å². The molecule has 0 spiro atoms. The van der Waals surface area contributed by atoms with Crippen molar-refractivity contribution in [3.05, 3.63) is 17.1 Å². The summed E-state index contributed by atoms with van der Waals surface area (Å²) >= 11 is 0. The number of nitrogens with zero attached hydrogens (tertiary/aromatic N) is 1. The quantitative estimate of drug-likeness (QED) is 0.612. The monoisotopic (exact) mass is 211 g/mol. The molecule has 0 N–H and O–H groups in total. The number of hydrogen-bond acceptors (Lipinski definition) is 1. The molecule has 1 heterocycles. The Morgan fingerprint density at radius 2 is 1.86 bits per heavy atom. The van der Waals surface area contributed by atoms with Crippen LogP contribution in [0.3, 0.4) is 0 Å². The van der Waals surface area contributed by atoms with Gasteiger partial charge in [-0.25, -0.2) is 4.75 Å². The summed E-state index contributed by atoms with van der Waals surface area (Å²) < 4.78 is 4.30. The standard InChI is InChI=1S/C12H22NP/c1-3-4-5-6-7-8-9-12-11(2)10-13-14-12/h10,14H,3-9H2,1-2H3. The molecule has 2 heteroatoms. The van der Waals surface area contributed by atoms with E-state index in [4.69, 9.17) is 0 Å². The van der Waals surface area contributed by atoms with Crippen LogP contribution < -0.4 is 0 Å². The molecule has 0 aromatic carbocycles. The van der Waals surface area contributed by atoms with Gasteiger partial charge in [-0.05, 0) is 39.0 Å². The number of rotatable bonds is 7. The first-order valence-electron chi connectivity index (χ1n) is 5.83. The lowest BCUT2D eigenvalue weighted by Crippen LogP contribution is -1.84. The molecule has 1 nitrogen and oxygen atoms in total. The van der Waals surface area contributed by atoms with Crippen LogP contribution in [0.1, 0.15) is 56.3 Å². The van der Waals surface area contributed by atoms with Gasteiger partial charge in [0.2, 0.25) is 0 Å². The Morgan fingerprint density at radius 1 is 1.14 bits per heavy atom. The van der Waals surface area contributed by atoms with Gasteiger partial charge in [0, 0.05) is 6.20 Å². The van der Waals surface area contributed by atoms with Gasteiger partial charge in [0.25, 0.3) is 0 Å². The second kappa shape index (κ2) is 7.06. The van der Waals surface area contributed by atoms with Crippen LogP contribution in [-0.2, 0) is 6.42 Å². The van der Waals surface area contributed by atoms with Crippen LogP contribution in [0.4, 0.5) is 0 Å². The fraction of sp³-hybridized carbons (Fsp3) is 0.750. The van der Waals surface area contributed by atoms with E-state index >= 15 is 0 Å². The molecule has 0 saturated carbocycles. The molecular formula is C12H22NP. The highest BCUT2D eigenvalue weighted by Crippen LogP contribution is 2.20. The molecule has 80 valence electrons. The maximum atomic E-state index is 4.30. The lowest BCUT2D eigenvalue weighted by molar-refractivity contribution is 0.609. The lowest BCUT2D eigenvalue weighted by Gasteiger charge is -2.00. The highest BCUT2D eigenvalue weighted by Gasteiger charge is 1.98. The van der Waals surface area contributed by atoms with Gasteiger partial charge >= 0.3 is 0 Å². The summed E-state index contributed by atoms with van der Waals surface area (Å²) in [5.74, 6) is 0. The molecule has 1 rings (SSSR count). The molecule has 0 bridgehead atoms. The van der Waals surface area contributed by atoms with Crippen molar-refractivity contribution in [2.45, 2.75) is 58.8 Å². The van der Waals surface area contributed by atoms with Crippen molar-refractivity contribution in [2.75, 3.05) is 0 Å². The number of hydrogen-bond donors (Lipinski definition) is 0. The predicted octanol–water partition coefficient (Wildman–Crippen LogP) is 4.32.